The Morgan fingerprint density at radius 3 is 2.56 bits per heavy atom. The number of thioether (sulfide) groups is 1. The minimum atomic E-state index is -0.317. The van der Waals surface area contributed by atoms with Gasteiger partial charge in [-0.25, -0.2) is 9.97 Å². The number of nitrogens with zero attached hydrogens (tertiary/aromatic N) is 2. The zero-order chi connectivity index (χ0) is 22.5. The lowest BCUT2D eigenvalue weighted by molar-refractivity contribution is -0.114. The first-order chi connectivity index (χ1) is 15.5. The summed E-state index contributed by atoms with van der Waals surface area (Å²) in [5.41, 5.74) is 2.90. The number of fused-ring (bicyclic) bond motifs is 1. The van der Waals surface area contributed by atoms with Crippen molar-refractivity contribution in [2.45, 2.75) is 25.7 Å². The second-order valence-corrected chi connectivity index (χ2v) is 8.54. The van der Waals surface area contributed by atoms with E-state index in [2.05, 4.69) is 20.6 Å². The van der Waals surface area contributed by atoms with E-state index in [1.54, 1.807) is 12.3 Å². The van der Waals surface area contributed by atoms with Crippen molar-refractivity contribution in [2.75, 3.05) is 22.1 Å². The number of anilines is 2. The lowest BCUT2D eigenvalue weighted by atomic mass is 9.85. The van der Waals surface area contributed by atoms with Crippen LogP contribution in [0, 0.1) is 6.92 Å². The average Bonchev–Trinajstić information content (AvgIpc) is 3.30. The molecule has 0 spiro atoms. The van der Waals surface area contributed by atoms with Crippen molar-refractivity contribution in [1.29, 1.82) is 0 Å². The molecule has 1 aliphatic carbocycles. The number of carbonyl (C=O) groups excluding carboxylic acids is 3. The minimum absolute atomic E-state index is 0.0410. The summed E-state index contributed by atoms with van der Waals surface area (Å²) in [5.74, 6) is 0.495. The highest BCUT2D eigenvalue weighted by atomic mass is 32.2. The molecule has 0 unspecified atom stereocenters. The van der Waals surface area contributed by atoms with E-state index in [0.717, 1.165) is 17.0 Å². The molecule has 0 saturated carbocycles. The average molecular weight is 451 g/mol. The summed E-state index contributed by atoms with van der Waals surface area (Å²) >= 11 is 1.19. The van der Waals surface area contributed by atoms with Crippen molar-refractivity contribution in [3.63, 3.8) is 0 Å². The highest BCUT2D eigenvalue weighted by molar-refractivity contribution is 8.00. The zero-order valence-electron chi connectivity index (χ0n) is 17.5. The van der Waals surface area contributed by atoms with Gasteiger partial charge in [0.1, 0.15) is 5.76 Å². The predicted molar refractivity (Wildman–Crippen MR) is 122 cm³/mol. The van der Waals surface area contributed by atoms with Gasteiger partial charge in [0.05, 0.1) is 29.0 Å². The number of hydrogen-bond acceptors (Lipinski definition) is 7. The molecule has 9 heteroatoms. The molecular weight excluding hydrogens is 428 g/mol. The number of Topliss-reactive ketones (excluding diaryl/α,β-unsaturated/α-hetero) is 1. The van der Waals surface area contributed by atoms with Gasteiger partial charge in [0.2, 0.25) is 17.8 Å². The number of hydrogen-bond donors (Lipinski definition) is 2. The quantitative estimate of drug-likeness (QED) is 0.565. The van der Waals surface area contributed by atoms with Crippen LogP contribution in [-0.4, -0.2) is 39.1 Å². The molecule has 0 bridgehead atoms. The van der Waals surface area contributed by atoms with E-state index in [1.807, 2.05) is 37.3 Å². The van der Waals surface area contributed by atoms with E-state index in [0.29, 0.717) is 24.1 Å². The summed E-state index contributed by atoms with van der Waals surface area (Å²) < 4.78 is 5.44. The first kappa shape index (κ1) is 21.8. The molecule has 3 aromatic rings. The van der Waals surface area contributed by atoms with Gasteiger partial charge in [-0.1, -0.05) is 17.7 Å². The molecule has 0 aliphatic heterocycles. The van der Waals surface area contributed by atoms with E-state index in [4.69, 9.17) is 4.42 Å². The van der Waals surface area contributed by atoms with Crippen LogP contribution in [0.15, 0.2) is 53.3 Å². The maximum absolute atomic E-state index is 12.4. The molecule has 1 aromatic carbocycles. The number of benzene rings is 1. The molecule has 1 atom stereocenters. The van der Waals surface area contributed by atoms with Gasteiger partial charge < -0.3 is 9.73 Å². The molecule has 1 aliphatic rings. The van der Waals surface area contributed by atoms with E-state index in [-0.39, 0.29) is 41.0 Å². The van der Waals surface area contributed by atoms with Crippen LogP contribution in [0.2, 0.25) is 0 Å². The normalized spacial score (nSPS) is 15.2. The maximum Gasteiger partial charge on any atom is 0.236 e. The molecule has 0 fully saturated rings. The summed E-state index contributed by atoms with van der Waals surface area (Å²) in [6.45, 7) is 1.97. The van der Waals surface area contributed by atoms with Crippen molar-refractivity contribution < 1.29 is 18.8 Å². The second kappa shape index (κ2) is 9.78. The Labute approximate surface area is 189 Å². The molecule has 2 N–H and O–H groups in total. The van der Waals surface area contributed by atoms with Crippen molar-refractivity contribution in [1.82, 2.24) is 9.97 Å². The van der Waals surface area contributed by atoms with Crippen LogP contribution in [0.25, 0.3) is 0 Å². The third-order valence-corrected chi connectivity index (χ3v) is 5.97. The lowest BCUT2D eigenvalue weighted by Gasteiger charge is -2.21. The van der Waals surface area contributed by atoms with Crippen molar-refractivity contribution in [3.8, 4) is 0 Å². The molecule has 0 saturated heterocycles. The maximum atomic E-state index is 12.4. The third-order valence-electron chi connectivity index (χ3n) is 5.04. The molecule has 164 valence electrons. The van der Waals surface area contributed by atoms with Crippen LogP contribution in [0.3, 0.4) is 0 Å². The summed E-state index contributed by atoms with van der Waals surface area (Å²) in [5, 5.41) is 5.43. The summed E-state index contributed by atoms with van der Waals surface area (Å²) in [6.07, 6.45) is 3.92. The Balaban J connectivity index is 1.28. The fraction of sp³-hybridized carbons (Fsp3) is 0.261. The summed E-state index contributed by atoms with van der Waals surface area (Å²) in [7, 11) is 0. The number of furan rings is 1. The SMILES string of the molecule is Cc1ccc(NC(=O)CSCC(=O)Nc2ncc3c(n2)C[C@@H](c2ccco2)CC3=O)cc1. The van der Waals surface area contributed by atoms with Crippen molar-refractivity contribution in [3.05, 3.63) is 71.4 Å². The number of aryl methyl sites for hydroxylation is 1. The van der Waals surface area contributed by atoms with Crippen LogP contribution >= 0.6 is 11.8 Å². The highest BCUT2D eigenvalue weighted by Gasteiger charge is 2.29. The van der Waals surface area contributed by atoms with Crippen LogP contribution in [0.4, 0.5) is 11.6 Å². The molecule has 2 aromatic heterocycles. The number of aromatic nitrogens is 2. The number of carbonyl (C=O) groups is 3. The first-order valence-electron chi connectivity index (χ1n) is 10.1. The Bertz CT molecular complexity index is 1130. The molecular formula is C23H22N4O4S. The Morgan fingerprint density at radius 1 is 1.09 bits per heavy atom. The monoisotopic (exact) mass is 450 g/mol. The van der Waals surface area contributed by atoms with E-state index < -0.39 is 0 Å². The van der Waals surface area contributed by atoms with Crippen LogP contribution < -0.4 is 10.6 Å². The van der Waals surface area contributed by atoms with Gasteiger partial charge in [-0.15, -0.1) is 11.8 Å². The largest absolute Gasteiger partial charge is 0.469 e. The molecule has 32 heavy (non-hydrogen) atoms. The Kier molecular flexibility index (Phi) is 6.65. The third kappa shape index (κ3) is 5.42. The topological polar surface area (TPSA) is 114 Å². The summed E-state index contributed by atoms with van der Waals surface area (Å²) in [6, 6.07) is 11.1. The summed E-state index contributed by atoms with van der Waals surface area (Å²) in [4.78, 5) is 45.2. The molecule has 2 heterocycles. The van der Waals surface area contributed by atoms with Crippen LogP contribution in [-0.2, 0) is 16.0 Å². The van der Waals surface area contributed by atoms with Crippen molar-refractivity contribution in [2.24, 2.45) is 0 Å². The van der Waals surface area contributed by atoms with Gasteiger partial charge in [0.25, 0.3) is 0 Å². The van der Waals surface area contributed by atoms with Crippen LogP contribution in [0.1, 0.15) is 39.7 Å². The number of rotatable bonds is 7. The molecule has 0 radical (unpaired) electrons. The second-order valence-electron chi connectivity index (χ2n) is 7.55. The van der Waals surface area contributed by atoms with Gasteiger partial charge in [-0.2, -0.15) is 0 Å². The van der Waals surface area contributed by atoms with Gasteiger partial charge in [0.15, 0.2) is 5.78 Å². The fourth-order valence-electron chi connectivity index (χ4n) is 3.46. The molecule has 4 rings (SSSR count). The Morgan fingerprint density at radius 2 is 1.84 bits per heavy atom. The van der Waals surface area contributed by atoms with Gasteiger partial charge >= 0.3 is 0 Å². The predicted octanol–water partition coefficient (Wildman–Crippen LogP) is 3.60. The molecule has 2 amide bonds. The van der Waals surface area contributed by atoms with Gasteiger partial charge in [-0.05, 0) is 31.2 Å². The standard InChI is InChI=1S/C23H22N4O4S/c1-14-4-6-16(7-5-14)25-21(29)12-32-13-22(30)27-23-24-11-17-18(26-23)9-15(10-19(17)28)20-3-2-8-31-20/h2-8,11,15H,9-10,12-13H2,1H3,(H,25,29)(H,24,26,27,30)/t15-/m1/s1. The van der Waals surface area contributed by atoms with Crippen molar-refractivity contribution >= 4 is 41.0 Å². The smallest absolute Gasteiger partial charge is 0.236 e. The first-order valence-corrected chi connectivity index (χ1v) is 11.3. The number of ketones is 1. The lowest BCUT2D eigenvalue weighted by Crippen LogP contribution is -2.23. The van der Waals surface area contributed by atoms with E-state index in [1.165, 1.54) is 18.0 Å². The van der Waals surface area contributed by atoms with E-state index >= 15 is 0 Å². The van der Waals surface area contributed by atoms with E-state index in [9.17, 15) is 14.4 Å². The highest BCUT2D eigenvalue weighted by Crippen LogP contribution is 2.32. The zero-order valence-corrected chi connectivity index (χ0v) is 18.3. The Hall–Kier alpha value is -3.46. The minimum Gasteiger partial charge on any atom is -0.469 e. The fourth-order valence-corrected chi connectivity index (χ4v) is 4.08. The van der Waals surface area contributed by atoms with Crippen LogP contribution in [0.5, 0.6) is 0 Å². The van der Waals surface area contributed by atoms with Gasteiger partial charge in [-0.3, -0.25) is 19.7 Å². The number of amides is 2. The van der Waals surface area contributed by atoms with Gasteiger partial charge in [0, 0.05) is 30.6 Å². The molecule has 8 nitrogen and oxygen atoms in total. The number of nitrogens with one attached hydrogen (secondary N) is 2.